The van der Waals surface area contributed by atoms with Gasteiger partial charge in [-0.3, -0.25) is 9.59 Å². The predicted molar refractivity (Wildman–Crippen MR) is 297 cm³/mol. The van der Waals surface area contributed by atoms with Crippen LogP contribution in [0.2, 0.25) is 0 Å². The number of allylic oxidation sites excluding steroid dienone is 1. The van der Waals surface area contributed by atoms with Gasteiger partial charge in [0.1, 0.15) is 0 Å². The molecule has 0 spiro atoms. The smallest absolute Gasteiger partial charge is 0.305 e. The van der Waals surface area contributed by atoms with E-state index in [1.54, 1.807) is 6.08 Å². The molecule has 0 aromatic carbocycles. The van der Waals surface area contributed by atoms with Gasteiger partial charge in [0.25, 0.3) is 0 Å². The zero-order chi connectivity index (χ0) is 49.3. The van der Waals surface area contributed by atoms with E-state index in [-0.39, 0.29) is 18.5 Å². The molecule has 0 aliphatic heterocycles. The lowest BCUT2D eigenvalue weighted by Gasteiger charge is -2.20. The number of rotatable bonds is 58. The molecule has 0 rings (SSSR count). The largest absolute Gasteiger partial charge is 0.466 e. The van der Waals surface area contributed by atoms with Gasteiger partial charge in [0.15, 0.2) is 0 Å². The van der Waals surface area contributed by atoms with E-state index >= 15 is 0 Å². The lowest BCUT2D eigenvalue weighted by atomic mass is 10.0. The van der Waals surface area contributed by atoms with Gasteiger partial charge in [0.05, 0.1) is 25.4 Å². The number of aliphatic hydroxyl groups excluding tert-OH is 2. The first-order valence-electron chi connectivity index (χ1n) is 31.0. The Bertz CT molecular complexity index is 1020. The molecule has 2 unspecified atom stereocenters. The Morgan fingerprint density at radius 1 is 0.397 bits per heavy atom. The molecule has 68 heavy (non-hydrogen) atoms. The first-order chi connectivity index (χ1) is 33.5. The van der Waals surface area contributed by atoms with Crippen LogP contribution in [0.1, 0.15) is 348 Å². The van der Waals surface area contributed by atoms with Crippen molar-refractivity contribution >= 4 is 11.9 Å². The van der Waals surface area contributed by atoms with E-state index in [4.69, 9.17) is 4.74 Å². The van der Waals surface area contributed by atoms with Crippen LogP contribution < -0.4 is 5.32 Å². The minimum atomic E-state index is -0.840. The number of nitrogens with one attached hydrogen (secondary N) is 1. The number of esters is 1. The second kappa shape index (κ2) is 58.2. The number of carbonyl (C=O) groups excluding carboxylic acids is 2. The summed E-state index contributed by atoms with van der Waals surface area (Å²) in [5.74, 6) is -0.0455. The molecule has 0 aliphatic rings. The third-order valence-corrected chi connectivity index (χ3v) is 14.6. The minimum absolute atomic E-state index is 0.0185. The van der Waals surface area contributed by atoms with Crippen LogP contribution in [0.4, 0.5) is 0 Å². The Labute approximate surface area is 425 Å². The standard InChI is InChI=1S/C62H121NO5/c1-3-5-7-9-11-13-15-35-38-42-46-50-54-60(65)59(58-64)63-61(66)55-51-47-43-39-36-32-30-28-26-24-22-20-18-16-17-19-21-23-25-27-29-31-33-37-41-45-49-53-57-68-62(67)56-52-48-44-40-34-14-12-10-8-6-4-2/h50,54,59-60,64-65H,3-49,51-53,55-58H2,1-2H3,(H,63,66)/b54-50+. The maximum atomic E-state index is 12.4. The molecule has 3 N–H and O–H groups in total. The van der Waals surface area contributed by atoms with Gasteiger partial charge in [-0.15, -0.1) is 0 Å². The van der Waals surface area contributed by atoms with Gasteiger partial charge in [-0.1, -0.05) is 315 Å². The van der Waals surface area contributed by atoms with Gasteiger partial charge in [-0.2, -0.15) is 0 Å². The first-order valence-corrected chi connectivity index (χ1v) is 31.0. The van der Waals surface area contributed by atoms with Crippen LogP contribution in [0, 0.1) is 0 Å². The third-order valence-electron chi connectivity index (χ3n) is 14.6. The van der Waals surface area contributed by atoms with Crippen LogP contribution in [0.3, 0.4) is 0 Å². The average Bonchev–Trinajstić information content (AvgIpc) is 3.34. The molecule has 0 bridgehead atoms. The third kappa shape index (κ3) is 53.9. The van der Waals surface area contributed by atoms with Gasteiger partial charge >= 0.3 is 5.97 Å². The van der Waals surface area contributed by atoms with E-state index in [2.05, 4.69) is 19.2 Å². The SMILES string of the molecule is CCCCCCCCCCCC/C=C/C(O)C(CO)NC(=O)CCCCCCCCCCCCCCCCCCCCCCCCCCCCCCOC(=O)CCCCCCCCCCCCC. The molecule has 0 fully saturated rings. The van der Waals surface area contributed by atoms with Crippen molar-refractivity contribution in [3.05, 3.63) is 12.2 Å². The van der Waals surface area contributed by atoms with Crippen LogP contribution in [-0.4, -0.2) is 47.4 Å². The number of carbonyl (C=O) groups is 2. The minimum Gasteiger partial charge on any atom is -0.466 e. The number of hydrogen-bond donors (Lipinski definition) is 3. The van der Waals surface area contributed by atoms with E-state index in [1.165, 1.54) is 283 Å². The first kappa shape index (κ1) is 66.6. The summed E-state index contributed by atoms with van der Waals surface area (Å²) < 4.78 is 5.47. The van der Waals surface area contributed by atoms with E-state index in [1.807, 2.05) is 6.08 Å². The zero-order valence-corrected chi connectivity index (χ0v) is 46.1. The molecule has 0 heterocycles. The highest BCUT2D eigenvalue weighted by Gasteiger charge is 2.18. The van der Waals surface area contributed by atoms with Gasteiger partial charge in [0.2, 0.25) is 5.91 Å². The van der Waals surface area contributed by atoms with Crippen molar-refractivity contribution in [3.8, 4) is 0 Å². The molecule has 0 radical (unpaired) electrons. The molecule has 0 saturated carbocycles. The summed E-state index contributed by atoms with van der Waals surface area (Å²) in [6, 6.07) is -0.623. The van der Waals surface area contributed by atoms with Crippen LogP contribution in [0.15, 0.2) is 12.2 Å². The van der Waals surface area contributed by atoms with Crippen LogP contribution in [-0.2, 0) is 14.3 Å². The fraction of sp³-hybridized carbons (Fsp3) is 0.935. The summed E-state index contributed by atoms with van der Waals surface area (Å²) in [5.41, 5.74) is 0. The highest BCUT2D eigenvalue weighted by molar-refractivity contribution is 5.76. The van der Waals surface area contributed by atoms with Crippen LogP contribution in [0.5, 0.6) is 0 Å². The fourth-order valence-corrected chi connectivity index (χ4v) is 9.81. The van der Waals surface area contributed by atoms with Crippen LogP contribution >= 0.6 is 0 Å². The topological polar surface area (TPSA) is 95.9 Å². The number of amides is 1. The molecule has 0 saturated heterocycles. The van der Waals surface area contributed by atoms with Gasteiger partial charge in [-0.05, 0) is 32.1 Å². The fourth-order valence-electron chi connectivity index (χ4n) is 9.81. The lowest BCUT2D eigenvalue weighted by Crippen LogP contribution is -2.45. The maximum Gasteiger partial charge on any atom is 0.305 e. The lowest BCUT2D eigenvalue weighted by molar-refractivity contribution is -0.143. The Hall–Kier alpha value is -1.40. The summed E-state index contributed by atoms with van der Waals surface area (Å²) in [4.78, 5) is 24.4. The monoisotopic (exact) mass is 960 g/mol. The number of hydrogen-bond acceptors (Lipinski definition) is 5. The van der Waals surface area contributed by atoms with Gasteiger partial charge in [-0.25, -0.2) is 0 Å². The van der Waals surface area contributed by atoms with Crippen molar-refractivity contribution in [2.24, 2.45) is 0 Å². The van der Waals surface area contributed by atoms with E-state index in [0.29, 0.717) is 19.4 Å². The molecule has 6 heteroatoms. The molecule has 0 aliphatic carbocycles. The second-order valence-electron chi connectivity index (χ2n) is 21.4. The van der Waals surface area contributed by atoms with E-state index in [0.717, 1.165) is 38.5 Å². The highest BCUT2D eigenvalue weighted by Crippen LogP contribution is 2.18. The molecule has 404 valence electrons. The van der Waals surface area contributed by atoms with Crippen LogP contribution in [0.25, 0.3) is 0 Å². The highest BCUT2D eigenvalue weighted by atomic mass is 16.5. The average molecular weight is 961 g/mol. The van der Waals surface area contributed by atoms with Gasteiger partial charge in [0, 0.05) is 12.8 Å². The van der Waals surface area contributed by atoms with Crippen molar-refractivity contribution in [3.63, 3.8) is 0 Å². The summed E-state index contributed by atoms with van der Waals surface area (Å²) in [5, 5.41) is 23.1. The maximum absolute atomic E-state index is 12.4. The second-order valence-corrected chi connectivity index (χ2v) is 21.4. The van der Waals surface area contributed by atoms with Crippen molar-refractivity contribution < 1.29 is 24.5 Å². The molecule has 1 amide bonds. The van der Waals surface area contributed by atoms with E-state index in [9.17, 15) is 19.8 Å². The van der Waals surface area contributed by atoms with Gasteiger partial charge < -0.3 is 20.3 Å². The Morgan fingerprint density at radius 2 is 0.676 bits per heavy atom. The number of unbranched alkanes of at least 4 members (excludes halogenated alkanes) is 47. The summed E-state index contributed by atoms with van der Waals surface area (Å²) in [7, 11) is 0. The molecule has 0 aromatic rings. The van der Waals surface area contributed by atoms with E-state index < -0.39 is 12.1 Å². The van der Waals surface area contributed by atoms with Crippen molar-refractivity contribution in [2.75, 3.05) is 13.2 Å². The molecular formula is C62H121NO5. The Balaban J connectivity index is 3.34. The number of ether oxygens (including phenoxy) is 1. The van der Waals surface area contributed by atoms with Crippen molar-refractivity contribution in [1.82, 2.24) is 5.32 Å². The van der Waals surface area contributed by atoms with Crippen molar-refractivity contribution in [1.29, 1.82) is 0 Å². The number of aliphatic hydroxyl groups is 2. The quantitative estimate of drug-likeness (QED) is 0.0321. The van der Waals surface area contributed by atoms with Crippen molar-refractivity contribution in [2.45, 2.75) is 360 Å². The predicted octanol–water partition coefficient (Wildman–Crippen LogP) is 19.2. The molecular weight excluding hydrogens is 839 g/mol. The Kier molecular flexibility index (Phi) is 57.0. The molecule has 6 nitrogen and oxygen atoms in total. The zero-order valence-electron chi connectivity index (χ0n) is 46.1. The summed E-state index contributed by atoms with van der Waals surface area (Å²) in [6.45, 7) is 4.91. The normalized spacial score (nSPS) is 12.6. The Morgan fingerprint density at radius 3 is 1.00 bits per heavy atom. The summed E-state index contributed by atoms with van der Waals surface area (Å²) >= 11 is 0. The molecule has 0 aromatic heterocycles. The summed E-state index contributed by atoms with van der Waals surface area (Å²) in [6.07, 6.45) is 69.8. The molecule has 2 atom stereocenters.